The summed E-state index contributed by atoms with van der Waals surface area (Å²) in [5.74, 6) is -0.917. The number of amides is 1. The molecule has 0 saturated carbocycles. The summed E-state index contributed by atoms with van der Waals surface area (Å²) >= 11 is 0. The molecule has 2 heterocycles. The molecule has 1 N–H and O–H groups in total. The summed E-state index contributed by atoms with van der Waals surface area (Å²) in [6.07, 6.45) is 1.03. The molecule has 2 aliphatic rings. The van der Waals surface area contributed by atoms with Gasteiger partial charge in [0.15, 0.2) is 6.10 Å². The standard InChI is InChI=1S/C14H23NO5/c1-13(2,3)20-12(18)15-6-4-14(9-15)5-7-19-10(8-14)11(16)17/h10H,4-9H2,1-3H3,(H,16,17). The summed E-state index contributed by atoms with van der Waals surface area (Å²) < 4.78 is 10.6. The van der Waals surface area contributed by atoms with Crippen LogP contribution in [0.25, 0.3) is 0 Å². The van der Waals surface area contributed by atoms with Gasteiger partial charge >= 0.3 is 12.1 Å². The Labute approximate surface area is 119 Å². The van der Waals surface area contributed by atoms with Gasteiger partial charge in [-0.3, -0.25) is 0 Å². The Kier molecular flexibility index (Phi) is 3.95. The molecule has 0 aromatic rings. The normalized spacial score (nSPS) is 30.6. The van der Waals surface area contributed by atoms with Crippen LogP contribution >= 0.6 is 0 Å². The first-order valence-electron chi connectivity index (χ1n) is 7.03. The molecule has 6 nitrogen and oxygen atoms in total. The van der Waals surface area contributed by atoms with Gasteiger partial charge < -0.3 is 19.5 Å². The van der Waals surface area contributed by atoms with Crippen molar-refractivity contribution < 1.29 is 24.2 Å². The average molecular weight is 285 g/mol. The molecule has 2 unspecified atom stereocenters. The SMILES string of the molecule is CC(C)(C)OC(=O)N1CCC2(CCOC(C(=O)O)C2)C1. The van der Waals surface area contributed by atoms with E-state index in [-0.39, 0.29) is 11.5 Å². The first-order valence-corrected chi connectivity index (χ1v) is 7.03. The Morgan fingerprint density at radius 3 is 2.65 bits per heavy atom. The Balaban J connectivity index is 1.97. The number of aliphatic carboxylic acids is 1. The maximum Gasteiger partial charge on any atom is 0.410 e. The lowest BCUT2D eigenvalue weighted by atomic mass is 9.77. The van der Waals surface area contributed by atoms with Gasteiger partial charge in [-0.05, 0) is 45.4 Å². The molecule has 2 atom stereocenters. The number of hydrogen-bond acceptors (Lipinski definition) is 4. The maximum absolute atomic E-state index is 12.1. The van der Waals surface area contributed by atoms with Crippen molar-refractivity contribution in [1.82, 2.24) is 4.90 Å². The lowest BCUT2D eigenvalue weighted by Crippen LogP contribution is -2.42. The Bertz CT molecular complexity index is 403. The summed E-state index contributed by atoms with van der Waals surface area (Å²) in [5.41, 5.74) is -0.635. The highest BCUT2D eigenvalue weighted by atomic mass is 16.6. The quantitative estimate of drug-likeness (QED) is 0.796. The molecule has 2 aliphatic heterocycles. The lowest BCUT2D eigenvalue weighted by Gasteiger charge is -2.36. The van der Waals surface area contributed by atoms with Crippen LogP contribution in [0.4, 0.5) is 4.79 Å². The number of nitrogens with zero attached hydrogens (tertiary/aromatic N) is 1. The second kappa shape index (κ2) is 5.24. The van der Waals surface area contributed by atoms with Gasteiger partial charge in [0.05, 0.1) is 0 Å². The molecule has 2 saturated heterocycles. The van der Waals surface area contributed by atoms with E-state index < -0.39 is 17.7 Å². The van der Waals surface area contributed by atoms with Crippen molar-refractivity contribution in [2.75, 3.05) is 19.7 Å². The third-order valence-corrected chi connectivity index (χ3v) is 3.94. The zero-order chi connectivity index (χ0) is 15.0. The number of carboxylic acid groups (broad SMARTS) is 1. The predicted molar refractivity (Wildman–Crippen MR) is 71.5 cm³/mol. The highest BCUT2D eigenvalue weighted by molar-refractivity contribution is 5.72. The van der Waals surface area contributed by atoms with E-state index >= 15 is 0 Å². The van der Waals surface area contributed by atoms with Crippen LogP contribution in [0.2, 0.25) is 0 Å². The largest absolute Gasteiger partial charge is 0.479 e. The minimum absolute atomic E-state index is 0.127. The molecule has 0 aliphatic carbocycles. The van der Waals surface area contributed by atoms with Gasteiger partial charge in [0.25, 0.3) is 0 Å². The van der Waals surface area contributed by atoms with Crippen LogP contribution in [0.3, 0.4) is 0 Å². The number of carbonyl (C=O) groups is 2. The predicted octanol–water partition coefficient (Wildman–Crippen LogP) is 1.88. The summed E-state index contributed by atoms with van der Waals surface area (Å²) in [6.45, 7) is 7.15. The van der Waals surface area contributed by atoms with Crippen LogP contribution in [0.5, 0.6) is 0 Å². The number of ether oxygens (including phenoxy) is 2. The van der Waals surface area contributed by atoms with Crippen molar-refractivity contribution in [1.29, 1.82) is 0 Å². The van der Waals surface area contributed by atoms with Crippen molar-refractivity contribution in [3.05, 3.63) is 0 Å². The highest BCUT2D eigenvalue weighted by Crippen LogP contribution is 2.42. The minimum Gasteiger partial charge on any atom is -0.479 e. The van der Waals surface area contributed by atoms with Crippen LogP contribution in [-0.2, 0) is 14.3 Å². The molecule has 6 heteroatoms. The second-order valence-electron chi connectivity index (χ2n) is 6.80. The van der Waals surface area contributed by atoms with Crippen molar-refractivity contribution in [2.45, 2.75) is 51.7 Å². The molecular formula is C14H23NO5. The van der Waals surface area contributed by atoms with E-state index in [0.717, 1.165) is 12.8 Å². The fourth-order valence-corrected chi connectivity index (χ4v) is 2.92. The molecule has 0 aromatic carbocycles. The van der Waals surface area contributed by atoms with Gasteiger partial charge in [0.1, 0.15) is 5.60 Å². The van der Waals surface area contributed by atoms with E-state index in [2.05, 4.69) is 0 Å². The number of rotatable bonds is 1. The van der Waals surface area contributed by atoms with Gasteiger partial charge in [0.2, 0.25) is 0 Å². The molecule has 2 rings (SSSR count). The fraction of sp³-hybridized carbons (Fsp3) is 0.857. The van der Waals surface area contributed by atoms with Gasteiger partial charge in [-0.1, -0.05) is 0 Å². The topological polar surface area (TPSA) is 76.1 Å². The molecular weight excluding hydrogens is 262 g/mol. The molecule has 114 valence electrons. The van der Waals surface area contributed by atoms with Crippen molar-refractivity contribution in [2.24, 2.45) is 5.41 Å². The van der Waals surface area contributed by atoms with E-state index in [0.29, 0.717) is 26.1 Å². The summed E-state index contributed by atoms with van der Waals surface area (Å²) in [7, 11) is 0. The molecule has 2 fully saturated rings. The molecule has 20 heavy (non-hydrogen) atoms. The highest BCUT2D eigenvalue weighted by Gasteiger charge is 2.46. The third kappa shape index (κ3) is 3.42. The summed E-state index contributed by atoms with van der Waals surface area (Å²) in [5, 5.41) is 9.08. The third-order valence-electron chi connectivity index (χ3n) is 3.94. The number of likely N-dealkylation sites (tertiary alicyclic amines) is 1. The number of carboxylic acids is 1. The van der Waals surface area contributed by atoms with E-state index in [4.69, 9.17) is 14.6 Å². The zero-order valence-corrected chi connectivity index (χ0v) is 12.3. The van der Waals surface area contributed by atoms with Crippen LogP contribution in [-0.4, -0.2) is 53.5 Å². The maximum atomic E-state index is 12.1. The average Bonchev–Trinajstić information content (AvgIpc) is 2.71. The molecule has 0 bridgehead atoms. The van der Waals surface area contributed by atoms with Crippen LogP contribution in [0.15, 0.2) is 0 Å². The molecule has 1 spiro atoms. The summed E-state index contributed by atoms with van der Waals surface area (Å²) in [4.78, 5) is 24.8. The monoisotopic (exact) mass is 285 g/mol. The smallest absolute Gasteiger partial charge is 0.410 e. The van der Waals surface area contributed by atoms with Crippen molar-refractivity contribution in [3.8, 4) is 0 Å². The van der Waals surface area contributed by atoms with Crippen LogP contribution in [0.1, 0.15) is 40.0 Å². The van der Waals surface area contributed by atoms with Gasteiger partial charge in [-0.15, -0.1) is 0 Å². The minimum atomic E-state index is -0.917. The first kappa shape index (κ1) is 15.1. The van der Waals surface area contributed by atoms with E-state index in [9.17, 15) is 9.59 Å². The molecule has 0 radical (unpaired) electrons. The second-order valence-corrected chi connectivity index (χ2v) is 6.80. The van der Waals surface area contributed by atoms with E-state index in [1.54, 1.807) is 4.90 Å². The molecule has 1 amide bonds. The van der Waals surface area contributed by atoms with Gasteiger partial charge in [-0.2, -0.15) is 0 Å². The molecule has 0 aromatic heterocycles. The van der Waals surface area contributed by atoms with Gasteiger partial charge in [0, 0.05) is 19.7 Å². The number of carbonyl (C=O) groups excluding carboxylic acids is 1. The van der Waals surface area contributed by atoms with Crippen molar-refractivity contribution in [3.63, 3.8) is 0 Å². The summed E-state index contributed by atoms with van der Waals surface area (Å²) in [6, 6.07) is 0. The lowest BCUT2D eigenvalue weighted by molar-refractivity contribution is -0.158. The van der Waals surface area contributed by atoms with E-state index in [1.165, 1.54) is 0 Å². The first-order chi connectivity index (χ1) is 9.21. The van der Waals surface area contributed by atoms with E-state index in [1.807, 2.05) is 20.8 Å². The Morgan fingerprint density at radius 1 is 1.35 bits per heavy atom. The Morgan fingerprint density at radius 2 is 2.05 bits per heavy atom. The zero-order valence-electron chi connectivity index (χ0n) is 12.3. The van der Waals surface area contributed by atoms with Crippen LogP contribution in [0, 0.1) is 5.41 Å². The number of hydrogen-bond donors (Lipinski definition) is 1. The Hall–Kier alpha value is -1.30. The van der Waals surface area contributed by atoms with Crippen LogP contribution < -0.4 is 0 Å². The fourth-order valence-electron chi connectivity index (χ4n) is 2.92. The van der Waals surface area contributed by atoms with Crippen molar-refractivity contribution >= 4 is 12.1 Å². The van der Waals surface area contributed by atoms with Gasteiger partial charge in [-0.25, -0.2) is 9.59 Å².